The minimum Gasteiger partial charge on any atom is -0.476 e. The van der Waals surface area contributed by atoms with Crippen LogP contribution in [0.25, 0.3) is 11.3 Å². The molecular weight excluding hydrogens is 322 g/mol. The number of carbonyl (C=O) groups excluding carboxylic acids is 1. The van der Waals surface area contributed by atoms with Gasteiger partial charge in [0, 0.05) is 19.2 Å². The van der Waals surface area contributed by atoms with Gasteiger partial charge < -0.3 is 9.84 Å². The molecule has 0 saturated heterocycles. The molecule has 132 valence electrons. The van der Waals surface area contributed by atoms with Crippen molar-refractivity contribution in [3.63, 3.8) is 0 Å². The topological polar surface area (TPSA) is 84.7 Å². The summed E-state index contributed by atoms with van der Waals surface area (Å²) in [7, 11) is 1.69. The number of anilines is 1. The molecule has 1 aromatic heterocycles. The summed E-state index contributed by atoms with van der Waals surface area (Å²) in [5, 5.41) is 13.2. The highest BCUT2D eigenvalue weighted by Crippen LogP contribution is 2.39. The number of nitrogens with zero attached hydrogens (tertiary/aromatic N) is 3. The summed E-state index contributed by atoms with van der Waals surface area (Å²) in [6, 6.07) is 7.26. The number of aromatic nitrogens is 2. The molecule has 1 aliphatic rings. The van der Waals surface area contributed by atoms with Crippen LogP contribution < -0.4 is 4.90 Å². The van der Waals surface area contributed by atoms with E-state index in [-0.39, 0.29) is 5.69 Å². The van der Waals surface area contributed by atoms with Gasteiger partial charge in [-0.3, -0.25) is 9.58 Å². The lowest BCUT2D eigenvalue weighted by molar-refractivity contribution is 0.0583. The van der Waals surface area contributed by atoms with Crippen LogP contribution in [-0.4, -0.2) is 39.1 Å². The van der Waals surface area contributed by atoms with Crippen LogP contribution in [0.15, 0.2) is 24.3 Å². The van der Waals surface area contributed by atoms with Gasteiger partial charge in [0.2, 0.25) is 0 Å². The van der Waals surface area contributed by atoms with Crippen LogP contribution in [0.5, 0.6) is 0 Å². The number of carbonyl (C=O) groups is 2. The molecular formula is C18H21N3O4. The molecule has 0 saturated carbocycles. The monoisotopic (exact) mass is 343 g/mol. The zero-order valence-corrected chi connectivity index (χ0v) is 14.7. The number of hydrogen-bond donors (Lipinski definition) is 1. The molecule has 1 aromatic carbocycles. The molecule has 2 aromatic rings. The smallest absolute Gasteiger partial charge is 0.414 e. The maximum atomic E-state index is 12.6. The van der Waals surface area contributed by atoms with Gasteiger partial charge in [-0.05, 0) is 38.8 Å². The third-order valence-electron chi connectivity index (χ3n) is 3.98. The zero-order valence-electron chi connectivity index (χ0n) is 14.7. The SMILES string of the molecule is Cn1nc(C(=O)O)cc1-c1cccc2c1N(C(=O)OC(C)(C)C)CC2. The molecule has 7 heteroatoms. The van der Waals surface area contributed by atoms with Gasteiger partial charge in [0.15, 0.2) is 5.69 Å². The van der Waals surface area contributed by atoms with Crippen molar-refractivity contribution in [1.82, 2.24) is 9.78 Å². The predicted octanol–water partition coefficient (Wildman–Crippen LogP) is 3.08. The number of aromatic carboxylic acids is 1. The Balaban J connectivity index is 2.06. The van der Waals surface area contributed by atoms with Crippen LogP contribution in [0.1, 0.15) is 36.8 Å². The van der Waals surface area contributed by atoms with Crippen LogP contribution in [0.3, 0.4) is 0 Å². The first-order chi connectivity index (χ1) is 11.7. The van der Waals surface area contributed by atoms with E-state index in [2.05, 4.69) is 5.10 Å². The summed E-state index contributed by atoms with van der Waals surface area (Å²) in [4.78, 5) is 25.4. The van der Waals surface area contributed by atoms with Gasteiger partial charge in [-0.2, -0.15) is 5.10 Å². The average molecular weight is 343 g/mol. The number of fused-ring (bicyclic) bond motifs is 1. The Hall–Kier alpha value is -2.83. The highest BCUT2D eigenvalue weighted by atomic mass is 16.6. The number of benzene rings is 1. The predicted molar refractivity (Wildman–Crippen MR) is 92.9 cm³/mol. The summed E-state index contributed by atoms with van der Waals surface area (Å²) in [5.74, 6) is -1.08. The molecule has 3 rings (SSSR count). The fourth-order valence-electron chi connectivity index (χ4n) is 2.99. The number of para-hydroxylation sites is 1. The van der Waals surface area contributed by atoms with E-state index in [1.807, 2.05) is 39.0 Å². The van der Waals surface area contributed by atoms with Gasteiger partial charge in [-0.15, -0.1) is 0 Å². The van der Waals surface area contributed by atoms with E-state index >= 15 is 0 Å². The van der Waals surface area contributed by atoms with Gasteiger partial charge >= 0.3 is 12.1 Å². The molecule has 1 aliphatic heterocycles. The molecule has 0 bridgehead atoms. The van der Waals surface area contributed by atoms with Gasteiger partial charge in [0.1, 0.15) is 5.60 Å². The van der Waals surface area contributed by atoms with Crippen molar-refractivity contribution < 1.29 is 19.4 Å². The van der Waals surface area contributed by atoms with Gasteiger partial charge in [-0.1, -0.05) is 18.2 Å². The molecule has 0 radical (unpaired) electrons. The van der Waals surface area contributed by atoms with Gasteiger partial charge in [0.05, 0.1) is 11.4 Å². The van der Waals surface area contributed by atoms with Crippen molar-refractivity contribution >= 4 is 17.7 Å². The van der Waals surface area contributed by atoms with Crippen molar-refractivity contribution in [3.8, 4) is 11.3 Å². The lowest BCUT2D eigenvalue weighted by Crippen LogP contribution is -2.36. The third kappa shape index (κ3) is 3.22. The Kier molecular flexibility index (Phi) is 4.02. The molecule has 1 amide bonds. The highest BCUT2D eigenvalue weighted by molar-refractivity contribution is 5.97. The molecule has 0 atom stereocenters. The van der Waals surface area contributed by atoms with E-state index < -0.39 is 17.7 Å². The van der Waals surface area contributed by atoms with Crippen molar-refractivity contribution in [2.24, 2.45) is 7.05 Å². The van der Waals surface area contributed by atoms with Crippen LogP contribution in [-0.2, 0) is 18.2 Å². The molecule has 2 heterocycles. The minimum absolute atomic E-state index is 0.0306. The number of aryl methyl sites for hydroxylation is 1. The average Bonchev–Trinajstić information content (AvgIpc) is 3.08. The second kappa shape index (κ2) is 5.91. The first-order valence-electron chi connectivity index (χ1n) is 8.07. The van der Waals surface area contributed by atoms with Crippen molar-refractivity contribution in [3.05, 3.63) is 35.5 Å². The second-order valence-electron chi connectivity index (χ2n) is 7.04. The normalized spacial score (nSPS) is 13.7. The standard InChI is InChI=1S/C18H21N3O4/c1-18(2,3)25-17(24)21-9-8-11-6-5-7-12(15(11)21)14-10-13(16(22)23)19-20(14)4/h5-7,10H,8-9H2,1-4H3,(H,22,23). The van der Waals surface area contributed by atoms with Gasteiger partial charge in [0.25, 0.3) is 0 Å². The minimum atomic E-state index is -1.08. The Morgan fingerprint density at radius 1 is 1.28 bits per heavy atom. The molecule has 7 nitrogen and oxygen atoms in total. The molecule has 0 unspecified atom stereocenters. The van der Waals surface area contributed by atoms with E-state index in [1.54, 1.807) is 11.9 Å². The first-order valence-corrected chi connectivity index (χ1v) is 8.07. The van der Waals surface area contributed by atoms with E-state index in [4.69, 9.17) is 4.74 Å². The lowest BCUT2D eigenvalue weighted by Gasteiger charge is -2.26. The van der Waals surface area contributed by atoms with E-state index in [1.165, 1.54) is 10.7 Å². The molecule has 1 N–H and O–H groups in total. The third-order valence-corrected chi connectivity index (χ3v) is 3.98. The Bertz CT molecular complexity index is 848. The van der Waals surface area contributed by atoms with Gasteiger partial charge in [-0.25, -0.2) is 9.59 Å². The fourth-order valence-corrected chi connectivity index (χ4v) is 2.99. The van der Waals surface area contributed by atoms with Crippen LogP contribution in [0.4, 0.5) is 10.5 Å². The summed E-state index contributed by atoms with van der Waals surface area (Å²) in [6.07, 6.45) is 0.325. The first kappa shape index (κ1) is 17.0. The van der Waals surface area contributed by atoms with Crippen LogP contribution in [0.2, 0.25) is 0 Å². The highest BCUT2D eigenvalue weighted by Gasteiger charge is 2.32. The zero-order chi connectivity index (χ0) is 18.4. The lowest BCUT2D eigenvalue weighted by atomic mass is 10.0. The number of ether oxygens (including phenoxy) is 1. The van der Waals surface area contributed by atoms with Crippen molar-refractivity contribution in [2.75, 3.05) is 11.4 Å². The maximum Gasteiger partial charge on any atom is 0.414 e. The Morgan fingerprint density at radius 3 is 2.60 bits per heavy atom. The number of carboxylic acids is 1. The van der Waals surface area contributed by atoms with Crippen molar-refractivity contribution in [2.45, 2.75) is 32.8 Å². The Labute approximate surface area is 145 Å². The number of amides is 1. The summed E-state index contributed by atoms with van der Waals surface area (Å²) in [6.45, 7) is 6.01. The van der Waals surface area contributed by atoms with Crippen molar-refractivity contribution in [1.29, 1.82) is 0 Å². The molecule has 25 heavy (non-hydrogen) atoms. The molecule has 0 spiro atoms. The van der Waals surface area contributed by atoms with Crippen LogP contribution >= 0.6 is 0 Å². The van der Waals surface area contributed by atoms with Crippen LogP contribution in [0, 0.1) is 0 Å². The number of carboxylic acid groups (broad SMARTS) is 1. The summed E-state index contributed by atoms with van der Waals surface area (Å²) in [5.41, 5.74) is 2.58. The Morgan fingerprint density at radius 2 is 2.00 bits per heavy atom. The summed E-state index contributed by atoms with van der Waals surface area (Å²) < 4.78 is 7.03. The number of hydrogen-bond acceptors (Lipinski definition) is 4. The maximum absolute atomic E-state index is 12.6. The fraction of sp³-hybridized carbons (Fsp3) is 0.389. The quantitative estimate of drug-likeness (QED) is 0.906. The van der Waals surface area contributed by atoms with E-state index in [0.29, 0.717) is 12.2 Å². The molecule has 0 fully saturated rings. The largest absolute Gasteiger partial charge is 0.476 e. The second-order valence-corrected chi connectivity index (χ2v) is 7.04. The molecule has 0 aliphatic carbocycles. The van der Waals surface area contributed by atoms with E-state index in [0.717, 1.165) is 23.2 Å². The number of rotatable bonds is 2. The summed E-state index contributed by atoms with van der Waals surface area (Å²) >= 11 is 0. The van der Waals surface area contributed by atoms with E-state index in [9.17, 15) is 14.7 Å².